The molecule has 4 rings (SSSR count). The van der Waals surface area contributed by atoms with Crippen LogP contribution in [0.4, 0.5) is 5.00 Å². The van der Waals surface area contributed by atoms with Crippen LogP contribution in [-0.2, 0) is 17.6 Å². The van der Waals surface area contributed by atoms with E-state index in [2.05, 4.69) is 10.3 Å². The number of fused-ring (bicyclic) bond motifs is 2. The van der Waals surface area contributed by atoms with E-state index >= 15 is 0 Å². The number of nitrogens with one attached hydrogen (secondary N) is 1. The largest absolute Gasteiger partial charge is 0.462 e. The number of rotatable bonds is 4. The Balaban J connectivity index is 1.65. The van der Waals surface area contributed by atoms with Crippen LogP contribution >= 0.6 is 22.7 Å². The van der Waals surface area contributed by atoms with Crippen molar-refractivity contribution >= 4 is 44.5 Å². The lowest BCUT2D eigenvalue weighted by Crippen LogP contribution is -2.16. The van der Waals surface area contributed by atoms with Crippen LogP contribution in [0.1, 0.15) is 55.9 Å². The van der Waals surface area contributed by atoms with Gasteiger partial charge in [-0.2, -0.15) is 0 Å². The molecule has 3 heterocycles. The molecule has 0 fully saturated rings. The maximum Gasteiger partial charge on any atom is 0.341 e. The Morgan fingerprint density at radius 3 is 2.85 bits per heavy atom. The molecule has 0 bridgehead atoms. The van der Waals surface area contributed by atoms with Gasteiger partial charge >= 0.3 is 5.97 Å². The first kappa shape index (κ1) is 17.2. The standard InChI is InChI=1S/C18H19N3O3S2/c1-3-24-17(23)14-11-6-4-5-7-13(11)26-16(14)20-15(22)12-9-21-8-10(2)25-18(21)19-12/h8-9H,3-7H2,1-2H3,(H,20,22). The Hall–Kier alpha value is -2.19. The Kier molecular flexibility index (Phi) is 4.54. The van der Waals surface area contributed by atoms with Crippen LogP contribution in [0.5, 0.6) is 0 Å². The summed E-state index contributed by atoms with van der Waals surface area (Å²) in [5.74, 6) is -0.661. The number of hydrogen-bond acceptors (Lipinski definition) is 6. The van der Waals surface area contributed by atoms with E-state index in [1.807, 2.05) is 17.5 Å². The highest BCUT2D eigenvalue weighted by Gasteiger charge is 2.27. The van der Waals surface area contributed by atoms with Crippen molar-refractivity contribution in [2.45, 2.75) is 39.5 Å². The monoisotopic (exact) mass is 389 g/mol. The summed E-state index contributed by atoms with van der Waals surface area (Å²) in [6.45, 7) is 4.10. The fraction of sp³-hybridized carbons (Fsp3) is 0.389. The molecule has 0 aliphatic heterocycles. The molecule has 3 aromatic heterocycles. The summed E-state index contributed by atoms with van der Waals surface area (Å²) in [6.07, 6.45) is 7.63. The predicted molar refractivity (Wildman–Crippen MR) is 103 cm³/mol. The lowest BCUT2D eigenvalue weighted by atomic mass is 9.95. The quantitative estimate of drug-likeness (QED) is 0.683. The number of imidazole rings is 1. The van der Waals surface area contributed by atoms with E-state index in [1.54, 1.807) is 13.1 Å². The topological polar surface area (TPSA) is 72.7 Å². The minimum Gasteiger partial charge on any atom is -0.462 e. The molecule has 1 aliphatic carbocycles. The van der Waals surface area contributed by atoms with Gasteiger partial charge in [-0.15, -0.1) is 22.7 Å². The Morgan fingerprint density at radius 2 is 2.08 bits per heavy atom. The Labute approximate surface area is 158 Å². The van der Waals surface area contributed by atoms with Gasteiger partial charge in [0.2, 0.25) is 0 Å². The number of carbonyl (C=O) groups is 2. The second kappa shape index (κ2) is 6.85. The molecule has 1 amide bonds. The molecule has 0 spiro atoms. The van der Waals surface area contributed by atoms with E-state index in [1.165, 1.54) is 27.6 Å². The number of amides is 1. The summed E-state index contributed by atoms with van der Waals surface area (Å²) < 4.78 is 7.08. The summed E-state index contributed by atoms with van der Waals surface area (Å²) in [5, 5.41) is 3.47. The first-order valence-corrected chi connectivity index (χ1v) is 10.3. The fourth-order valence-electron chi connectivity index (χ4n) is 3.26. The van der Waals surface area contributed by atoms with Crippen LogP contribution in [0.25, 0.3) is 4.96 Å². The average Bonchev–Trinajstić information content (AvgIpc) is 3.24. The number of ether oxygens (including phenoxy) is 1. The molecule has 0 aromatic carbocycles. The van der Waals surface area contributed by atoms with E-state index in [4.69, 9.17) is 4.74 Å². The van der Waals surface area contributed by atoms with Crippen molar-refractivity contribution in [1.82, 2.24) is 9.38 Å². The highest BCUT2D eigenvalue weighted by molar-refractivity contribution is 7.17. The van der Waals surface area contributed by atoms with Crippen molar-refractivity contribution in [3.8, 4) is 0 Å². The lowest BCUT2D eigenvalue weighted by molar-refractivity contribution is 0.0526. The minimum atomic E-state index is -0.358. The normalized spacial score (nSPS) is 13.6. The van der Waals surface area contributed by atoms with E-state index < -0.39 is 0 Å². The highest BCUT2D eigenvalue weighted by Crippen LogP contribution is 2.38. The Bertz CT molecular complexity index is 968. The van der Waals surface area contributed by atoms with Crippen molar-refractivity contribution in [3.63, 3.8) is 0 Å². The lowest BCUT2D eigenvalue weighted by Gasteiger charge is -2.12. The third-order valence-electron chi connectivity index (χ3n) is 4.38. The first-order valence-electron chi connectivity index (χ1n) is 8.65. The number of aryl methyl sites for hydroxylation is 2. The van der Waals surface area contributed by atoms with E-state index in [9.17, 15) is 9.59 Å². The van der Waals surface area contributed by atoms with Crippen LogP contribution in [0.3, 0.4) is 0 Å². The molecule has 3 aromatic rings. The van der Waals surface area contributed by atoms with Crippen molar-refractivity contribution in [1.29, 1.82) is 0 Å². The van der Waals surface area contributed by atoms with Crippen LogP contribution in [0.15, 0.2) is 12.4 Å². The minimum absolute atomic E-state index is 0.303. The zero-order valence-electron chi connectivity index (χ0n) is 14.6. The summed E-state index contributed by atoms with van der Waals surface area (Å²) in [7, 11) is 0. The zero-order chi connectivity index (χ0) is 18.3. The summed E-state index contributed by atoms with van der Waals surface area (Å²) in [4.78, 5) is 32.6. The molecule has 6 nitrogen and oxygen atoms in total. The second-order valence-electron chi connectivity index (χ2n) is 6.25. The number of carbonyl (C=O) groups excluding carboxylic acids is 2. The fourth-order valence-corrected chi connectivity index (χ4v) is 5.34. The number of aromatic nitrogens is 2. The molecular formula is C18H19N3O3S2. The summed E-state index contributed by atoms with van der Waals surface area (Å²) >= 11 is 3.02. The van der Waals surface area contributed by atoms with Gasteiger partial charge in [-0.25, -0.2) is 9.78 Å². The maximum absolute atomic E-state index is 12.7. The van der Waals surface area contributed by atoms with Gasteiger partial charge in [0, 0.05) is 22.1 Å². The van der Waals surface area contributed by atoms with E-state index in [0.717, 1.165) is 41.1 Å². The third-order valence-corrected chi connectivity index (χ3v) is 6.50. The van der Waals surface area contributed by atoms with Crippen molar-refractivity contribution in [2.75, 3.05) is 11.9 Å². The van der Waals surface area contributed by atoms with Crippen molar-refractivity contribution in [2.24, 2.45) is 0 Å². The summed E-state index contributed by atoms with van der Waals surface area (Å²) in [6, 6.07) is 0. The molecule has 8 heteroatoms. The molecule has 1 aliphatic rings. The van der Waals surface area contributed by atoms with Crippen LogP contribution in [-0.4, -0.2) is 27.9 Å². The number of thiophene rings is 1. The number of esters is 1. The summed E-state index contributed by atoms with van der Waals surface area (Å²) in [5.41, 5.74) is 1.91. The smallest absolute Gasteiger partial charge is 0.341 e. The van der Waals surface area contributed by atoms with Gasteiger partial charge in [0.25, 0.3) is 5.91 Å². The van der Waals surface area contributed by atoms with Gasteiger partial charge in [-0.1, -0.05) is 0 Å². The molecule has 0 unspecified atom stereocenters. The van der Waals surface area contributed by atoms with Crippen LogP contribution in [0, 0.1) is 6.92 Å². The Morgan fingerprint density at radius 1 is 1.27 bits per heavy atom. The van der Waals surface area contributed by atoms with E-state index in [0.29, 0.717) is 22.9 Å². The number of anilines is 1. The van der Waals surface area contributed by atoms with Crippen LogP contribution in [0.2, 0.25) is 0 Å². The van der Waals surface area contributed by atoms with E-state index in [-0.39, 0.29) is 11.9 Å². The molecule has 26 heavy (non-hydrogen) atoms. The van der Waals surface area contributed by atoms with Crippen molar-refractivity contribution < 1.29 is 14.3 Å². The second-order valence-corrected chi connectivity index (χ2v) is 8.57. The molecule has 0 radical (unpaired) electrons. The van der Waals surface area contributed by atoms with Crippen molar-refractivity contribution in [3.05, 3.63) is 39.0 Å². The molecule has 0 saturated carbocycles. The number of nitrogens with zero attached hydrogens (tertiary/aromatic N) is 2. The molecular weight excluding hydrogens is 370 g/mol. The predicted octanol–water partition coefficient (Wildman–Crippen LogP) is 4.07. The van der Waals surface area contributed by atoms with Crippen LogP contribution < -0.4 is 5.32 Å². The van der Waals surface area contributed by atoms with Gasteiger partial charge in [0.15, 0.2) is 4.96 Å². The third kappa shape index (κ3) is 3.03. The number of thiazole rings is 1. The van der Waals surface area contributed by atoms with Gasteiger partial charge in [-0.05, 0) is 45.1 Å². The molecule has 136 valence electrons. The number of hydrogen-bond donors (Lipinski definition) is 1. The SMILES string of the molecule is CCOC(=O)c1c(NC(=O)c2cn3cc(C)sc3n2)sc2c1CCCC2. The van der Waals surface area contributed by atoms with Gasteiger partial charge in [-0.3, -0.25) is 9.20 Å². The first-order chi connectivity index (χ1) is 12.6. The average molecular weight is 390 g/mol. The highest BCUT2D eigenvalue weighted by atomic mass is 32.1. The molecule has 0 saturated heterocycles. The zero-order valence-corrected chi connectivity index (χ0v) is 16.3. The molecule has 1 N–H and O–H groups in total. The van der Waals surface area contributed by atoms with Gasteiger partial charge in [0.1, 0.15) is 10.7 Å². The van der Waals surface area contributed by atoms with Gasteiger partial charge in [0.05, 0.1) is 12.2 Å². The maximum atomic E-state index is 12.7. The molecule has 0 atom stereocenters. The van der Waals surface area contributed by atoms with Gasteiger partial charge < -0.3 is 10.1 Å².